The first kappa shape index (κ1) is 16.3. The molecule has 1 amide bonds. The van der Waals surface area contributed by atoms with Gasteiger partial charge in [0.2, 0.25) is 5.91 Å². The van der Waals surface area contributed by atoms with Crippen LogP contribution in [-0.2, 0) is 11.2 Å². The molecule has 5 rings (SSSR count). The van der Waals surface area contributed by atoms with E-state index < -0.39 is 0 Å². The molecule has 1 aliphatic carbocycles. The van der Waals surface area contributed by atoms with Gasteiger partial charge in [0.05, 0.1) is 6.54 Å². The Hall–Kier alpha value is -1.92. The van der Waals surface area contributed by atoms with Gasteiger partial charge in [0.25, 0.3) is 0 Å². The van der Waals surface area contributed by atoms with Crippen molar-refractivity contribution in [3.8, 4) is 0 Å². The third-order valence-electron chi connectivity index (χ3n) is 6.55. The number of hydrogen-bond donors (Lipinski definition) is 1. The molecule has 3 aliphatic rings. The SMILES string of the molecule is CN1C(=O)CN(C[C@@H]2C[C@@H]3c4cccc5[nH]cc(c45)C[C@H]3N(C)C2)C1=S. The van der Waals surface area contributed by atoms with Gasteiger partial charge in [0.15, 0.2) is 5.11 Å². The van der Waals surface area contributed by atoms with E-state index in [-0.39, 0.29) is 5.91 Å². The number of thiocarbonyl (C=S) groups is 1. The molecule has 3 heterocycles. The van der Waals surface area contributed by atoms with E-state index in [2.05, 4.69) is 46.2 Å². The van der Waals surface area contributed by atoms with E-state index in [1.54, 1.807) is 11.9 Å². The van der Waals surface area contributed by atoms with Gasteiger partial charge in [-0.15, -0.1) is 0 Å². The smallest absolute Gasteiger partial charge is 0.248 e. The van der Waals surface area contributed by atoms with Crippen molar-refractivity contribution < 1.29 is 4.79 Å². The number of benzene rings is 1. The van der Waals surface area contributed by atoms with E-state index in [0.29, 0.717) is 29.5 Å². The largest absolute Gasteiger partial charge is 0.361 e. The van der Waals surface area contributed by atoms with Crippen molar-refractivity contribution in [3.05, 3.63) is 35.5 Å². The van der Waals surface area contributed by atoms with Gasteiger partial charge < -0.3 is 14.8 Å². The standard InChI is InChI=1S/C20H24N4OS/c1-22-9-12(10-24-11-18(25)23(2)20(24)26)6-15-14-4-3-5-16-19(14)13(8-21-16)7-17(15)22/h3-5,8,12,15,17,21H,6-7,9-11H2,1-2H3/t12-,15-,17-/m1/s1. The van der Waals surface area contributed by atoms with Crippen LogP contribution in [0.1, 0.15) is 23.5 Å². The number of hydrogen-bond acceptors (Lipinski definition) is 3. The van der Waals surface area contributed by atoms with E-state index in [0.717, 1.165) is 25.9 Å². The fraction of sp³-hybridized carbons (Fsp3) is 0.500. The number of carbonyl (C=O) groups excluding carboxylic acids is 1. The monoisotopic (exact) mass is 368 g/mol. The summed E-state index contributed by atoms with van der Waals surface area (Å²) in [4.78, 5) is 21.6. The van der Waals surface area contributed by atoms with Crippen LogP contribution in [0.2, 0.25) is 0 Å². The van der Waals surface area contributed by atoms with Crippen molar-refractivity contribution in [2.75, 3.05) is 33.7 Å². The molecular weight excluding hydrogens is 344 g/mol. The summed E-state index contributed by atoms with van der Waals surface area (Å²) in [6.45, 7) is 2.37. The third-order valence-corrected chi connectivity index (χ3v) is 7.08. The van der Waals surface area contributed by atoms with Crippen LogP contribution < -0.4 is 0 Å². The Kier molecular flexibility index (Phi) is 3.62. The lowest BCUT2D eigenvalue weighted by Crippen LogP contribution is -2.50. The van der Waals surface area contributed by atoms with Gasteiger partial charge in [-0.2, -0.15) is 0 Å². The normalized spacial score (nSPS) is 28.9. The first-order valence-electron chi connectivity index (χ1n) is 9.37. The van der Waals surface area contributed by atoms with Crippen molar-refractivity contribution >= 4 is 34.1 Å². The molecule has 2 saturated heterocycles. The number of fused-ring (bicyclic) bond motifs is 2. The number of H-pyrrole nitrogens is 1. The molecule has 136 valence electrons. The molecule has 0 unspecified atom stereocenters. The molecule has 5 nitrogen and oxygen atoms in total. The van der Waals surface area contributed by atoms with E-state index >= 15 is 0 Å². The van der Waals surface area contributed by atoms with Gasteiger partial charge in [-0.3, -0.25) is 9.69 Å². The summed E-state index contributed by atoms with van der Waals surface area (Å²) in [5.41, 5.74) is 4.20. The van der Waals surface area contributed by atoms with Crippen LogP contribution >= 0.6 is 12.2 Å². The average molecular weight is 369 g/mol. The maximum Gasteiger partial charge on any atom is 0.248 e. The number of carbonyl (C=O) groups is 1. The van der Waals surface area contributed by atoms with Crippen LogP contribution in [0, 0.1) is 5.92 Å². The van der Waals surface area contributed by atoms with Gasteiger partial charge in [0.1, 0.15) is 0 Å². The highest BCUT2D eigenvalue weighted by atomic mass is 32.1. The van der Waals surface area contributed by atoms with Crippen molar-refractivity contribution in [1.29, 1.82) is 0 Å². The van der Waals surface area contributed by atoms with Crippen molar-refractivity contribution in [2.45, 2.75) is 24.8 Å². The lowest BCUT2D eigenvalue weighted by molar-refractivity contribution is -0.124. The summed E-state index contributed by atoms with van der Waals surface area (Å²) in [6, 6.07) is 7.23. The number of likely N-dealkylation sites (tertiary alicyclic amines) is 1. The molecule has 0 saturated carbocycles. The lowest BCUT2D eigenvalue weighted by atomic mass is 9.72. The highest BCUT2D eigenvalue weighted by molar-refractivity contribution is 7.80. The van der Waals surface area contributed by atoms with Crippen LogP contribution in [0.5, 0.6) is 0 Å². The summed E-state index contributed by atoms with van der Waals surface area (Å²) in [5.74, 6) is 1.18. The molecular formula is C20H24N4OS. The highest BCUT2D eigenvalue weighted by Crippen LogP contribution is 2.44. The Morgan fingerprint density at radius 2 is 2.15 bits per heavy atom. The first-order valence-corrected chi connectivity index (χ1v) is 9.78. The molecule has 0 bridgehead atoms. The highest BCUT2D eigenvalue weighted by Gasteiger charge is 2.41. The molecule has 26 heavy (non-hydrogen) atoms. The van der Waals surface area contributed by atoms with Crippen molar-refractivity contribution in [2.24, 2.45) is 5.92 Å². The van der Waals surface area contributed by atoms with Crippen molar-refractivity contribution in [3.63, 3.8) is 0 Å². The number of amides is 1. The Morgan fingerprint density at radius 3 is 2.92 bits per heavy atom. The van der Waals surface area contributed by atoms with Crippen LogP contribution in [0.4, 0.5) is 0 Å². The molecule has 3 atom stereocenters. The third kappa shape index (κ3) is 2.32. The fourth-order valence-electron chi connectivity index (χ4n) is 5.30. The van der Waals surface area contributed by atoms with Gasteiger partial charge in [0, 0.05) is 49.2 Å². The van der Waals surface area contributed by atoms with Crippen LogP contribution in [0.15, 0.2) is 24.4 Å². The first-order chi connectivity index (χ1) is 12.5. The molecule has 0 radical (unpaired) electrons. The zero-order valence-electron chi connectivity index (χ0n) is 15.2. The summed E-state index contributed by atoms with van der Waals surface area (Å²) >= 11 is 5.46. The summed E-state index contributed by atoms with van der Waals surface area (Å²) in [6.07, 6.45) is 4.47. The average Bonchev–Trinajstić information content (AvgIpc) is 3.14. The van der Waals surface area contributed by atoms with Gasteiger partial charge in [-0.25, -0.2) is 0 Å². The molecule has 1 aromatic carbocycles. The quantitative estimate of drug-likeness (QED) is 0.825. The molecule has 6 heteroatoms. The number of piperidine rings is 1. The predicted molar refractivity (Wildman–Crippen MR) is 106 cm³/mol. The minimum Gasteiger partial charge on any atom is -0.361 e. The van der Waals surface area contributed by atoms with Crippen LogP contribution in [-0.4, -0.2) is 70.5 Å². The van der Waals surface area contributed by atoms with Crippen LogP contribution in [0.3, 0.4) is 0 Å². The van der Waals surface area contributed by atoms with Gasteiger partial charge in [-0.1, -0.05) is 12.1 Å². The zero-order valence-corrected chi connectivity index (χ0v) is 16.1. The molecule has 2 aliphatic heterocycles. The van der Waals surface area contributed by atoms with E-state index in [1.165, 1.54) is 22.0 Å². The zero-order chi connectivity index (χ0) is 18.0. The molecule has 1 N–H and O–H groups in total. The number of rotatable bonds is 2. The second kappa shape index (κ2) is 5.79. The minimum absolute atomic E-state index is 0.108. The lowest BCUT2D eigenvalue weighted by Gasteiger charge is -2.46. The second-order valence-electron chi connectivity index (χ2n) is 8.12. The maximum absolute atomic E-state index is 11.9. The number of aromatic amines is 1. The van der Waals surface area contributed by atoms with Gasteiger partial charge >= 0.3 is 0 Å². The van der Waals surface area contributed by atoms with E-state index in [1.807, 2.05) is 0 Å². The molecule has 0 spiro atoms. The number of likely N-dealkylation sites (N-methyl/N-ethyl adjacent to an activating group) is 2. The minimum atomic E-state index is 0.108. The summed E-state index contributed by atoms with van der Waals surface area (Å²) < 4.78 is 0. The van der Waals surface area contributed by atoms with E-state index in [9.17, 15) is 4.79 Å². The maximum atomic E-state index is 11.9. The molecule has 2 aromatic rings. The number of aromatic nitrogens is 1. The fourth-order valence-corrected chi connectivity index (χ4v) is 5.54. The Bertz CT molecular complexity index is 906. The summed E-state index contributed by atoms with van der Waals surface area (Å²) in [5, 5.41) is 2.12. The predicted octanol–water partition coefficient (Wildman–Crippen LogP) is 2.19. The second-order valence-corrected chi connectivity index (χ2v) is 8.48. The molecule has 2 fully saturated rings. The number of nitrogens with one attached hydrogen (secondary N) is 1. The topological polar surface area (TPSA) is 42.6 Å². The Balaban J connectivity index is 1.43. The van der Waals surface area contributed by atoms with Crippen molar-refractivity contribution in [1.82, 2.24) is 19.7 Å². The number of nitrogens with zero attached hydrogens (tertiary/aromatic N) is 3. The van der Waals surface area contributed by atoms with Gasteiger partial charge in [-0.05, 0) is 55.2 Å². The Morgan fingerprint density at radius 1 is 1.31 bits per heavy atom. The van der Waals surface area contributed by atoms with E-state index in [4.69, 9.17) is 12.2 Å². The summed E-state index contributed by atoms with van der Waals surface area (Å²) in [7, 11) is 4.03. The van der Waals surface area contributed by atoms with Crippen LogP contribution in [0.25, 0.3) is 10.9 Å². The Labute approximate surface area is 158 Å². The molecule has 1 aromatic heterocycles.